The number of rotatable bonds is 7. The first-order chi connectivity index (χ1) is 12.7. The fraction of sp³-hybridized carbons (Fsp3) is 0.250. The van der Waals surface area contributed by atoms with Gasteiger partial charge in [0.25, 0.3) is 5.91 Å². The van der Waals surface area contributed by atoms with Gasteiger partial charge in [-0.15, -0.1) is 0 Å². The molecule has 0 atom stereocenters. The van der Waals surface area contributed by atoms with Gasteiger partial charge in [-0.25, -0.2) is 4.39 Å². The fourth-order valence-corrected chi connectivity index (χ4v) is 2.68. The number of hydrogen-bond donors (Lipinski definition) is 0. The number of benzene rings is 2. The summed E-state index contributed by atoms with van der Waals surface area (Å²) in [5.74, 6) is 0.377. The first-order valence-corrected chi connectivity index (χ1v) is 8.60. The first-order valence-electron chi connectivity index (χ1n) is 8.60. The van der Waals surface area contributed by atoms with Crippen LogP contribution in [0.15, 0.2) is 59.1 Å². The summed E-state index contributed by atoms with van der Waals surface area (Å²) >= 11 is 0. The van der Waals surface area contributed by atoms with E-state index in [-0.39, 0.29) is 5.91 Å². The number of aromatic nitrogens is 2. The maximum absolute atomic E-state index is 13.4. The van der Waals surface area contributed by atoms with Crippen molar-refractivity contribution < 1.29 is 13.7 Å². The Morgan fingerprint density at radius 1 is 1.12 bits per heavy atom. The van der Waals surface area contributed by atoms with Gasteiger partial charge in [-0.2, -0.15) is 4.98 Å². The van der Waals surface area contributed by atoms with Gasteiger partial charge in [0.2, 0.25) is 11.7 Å². The number of carbonyl (C=O) groups is 1. The van der Waals surface area contributed by atoms with Crippen molar-refractivity contribution in [3.63, 3.8) is 0 Å². The van der Waals surface area contributed by atoms with Gasteiger partial charge < -0.3 is 9.42 Å². The minimum Gasteiger partial charge on any atom is -0.339 e. The molecule has 134 valence electrons. The lowest BCUT2D eigenvalue weighted by atomic mass is 10.2. The van der Waals surface area contributed by atoms with Crippen LogP contribution in [0.1, 0.15) is 29.6 Å². The third-order valence-corrected chi connectivity index (χ3v) is 3.95. The molecule has 1 amide bonds. The molecule has 0 aliphatic heterocycles. The lowest BCUT2D eigenvalue weighted by molar-refractivity contribution is 0.0753. The maximum atomic E-state index is 13.4. The zero-order valence-electron chi connectivity index (χ0n) is 14.6. The van der Waals surface area contributed by atoms with E-state index in [1.165, 1.54) is 18.2 Å². The van der Waals surface area contributed by atoms with Gasteiger partial charge in [-0.3, -0.25) is 4.79 Å². The smallest absolute Gasteiger partial charge is 0.253 e. The molecule has 0 saturated heterocycles. The summed E-state index contributed by atoms with van der Waals surface area (Å²) < 4.78 is 18.7. The molecule has 0 spiro atoms. The average Bonchev–Trinajstić information content (AvgIpc) is 3.14. The predicted molar refractivity (Wildman–Crippen MR) is 96.0 cm³/mol. The Balaban J connectivity index is 1.67. The van der Waals surface area contributed by atoms with Gasteiger partial charge in [0, 0.05) is 30.6 Å². The third kappa shape index (κ3) is 4.33. The van der Waals surface area contributed by atoms with Crippen LogP contribution in [0, 0.1) is 5.82 Å². The standard InChI is InChI=1S/C20H20FN3O2/c1-2-12-24(20(25)16-9-6-10-17(21)14-16)13-11-18-22-19(23-26-18)15-7-4-3-5-8-15/h3-10,14H,2,11-13H2,1H3. The third-order valence-electron chi connectivity index (χ3n) is 3.95. The number of carbonyl (C=O) groups excluding carboxylic acids is 1. The number of amides is 1. The second-order valence-corrected chi connectivity index (χ2v) is 5.93. The van der Waals surface area contributed by atoms with Crippen LogP contribution in [0.3, 0.4) is 0 Å². The summed E-state index contributed by atoms with van der Waals surface area (Å²) in [6, 6.07) is 15.3. The summed E-state index contributed by atoms with van der Waals surface area (Å²) in [5.41, 5.74) is 1.22. The number of hydrogen-bond acceptors (Lipinski definition) is 4. The topological polar surface area (TPSA) is 59.2 Å². The highest BCUT2D eigenvalue weighted by atomic mass is 19.1. The molecular weight excluding hydrogens is 333 g/mol. The van der Waals surface area contributed by atoms with E-state index >= 15 is 0 Å². The van der Waals surface area contributed by atoms with Crippen LogP contribution < -0.4 is 0 Å². The Hall–Kier alpha value is -3.02. The zero-order chi connectivity index (χ0) is 18.4. The quantitative estimate of drug-likeness (QED) is 0.645. The largest absolute Gasteiger partial charge is 0.339 e. The van der Waals surface area contributed by atoms with Crippen molar-refractivity contribution in [2.24, 2.45) is 0 Å². The molecule has 2 aromatic carbocycles. The molecule has 3 aromatic rings. The molecule has 0 fully saturated rings. The highest BCUT2D eigenvalue weighted by Crippen LogP contribution is 2.15. The molecule has 26 heavy (non-hydrogen) atoms. The summed E-state index contributed by atoms with van der Waals surface area (Å²) in [6.07, 6.45) is 1.25. The van der Waals surface area contributed by atoms with Crippen molar-refractivity contribution in [2.75, 3.05) is 13.1 Å². The molecule has 5 nitrogen and oxygen atoms in total. The minimum absolute atomic E-state index is 0.200. The fourth-order valence-electron chi connectivity index (χ4n) is 2.68. The van der Waals surface area contributed by atoms with Crippen LogP contribution in [-0.2, 0) is 6.42 Å². The molecule has 0 aliphatic rings. The van der Waals surface area contributed by atoms with E-state index in [1.807, 2.05) is 37.3 Å². The molecule has 0 bridgehead atoms. The highest BCUT2D eigenvalue weighted by Gasteiger charge is 2.17. The Morgan fingerprint density at radius 3 is 2.65 bits per heavy atom. The van der Waals surface area contributed by atoms with Crippen LogP contribution in [0.4, 0.5) is 4.39 Å². The lowest BCUT2D eigenvalue weighted by Gasteiger charge is -2.21. The maximum Gasteiger partial charge on any atom is 0.253 e. The van der Waals surface area contributed by atoms with Crippen molar-refractivity contribution in [2.45, 2.75) is 19.8 Å². The van der Waals surface area contributed by atoms with E-state index in [2.05, 4.69) is 10.1 Å². The SMILES string of the molecule is CCCN(CCc1nc(-c2ccccc2)no1)C(=O)c1cccc(F)c1. The molecule has 1 aromatic heterocycles. The van der Waals surface area contributed by atoms with Crippen LogP contribution >= 0.6 is 0 Å². The van der Waals surface area contributed by atoms with Crippen molar-refractivity contribution in [3.05, 3.63) is 71.9 Å². The molecule has 0 N–H and O–H groups in total. The monoisotopic (exact) mass is 353 g/mol. The van der Waals surface area contributed by atoms with Crippen LogP contribution in [0.25, 0.3) is 11.4 Å². The molecule has 6 heteroatoms. The Kier molecular flexibility index (Phi) is 5.73. The van der Waals surface area contributed by atoms with E-state index < -0.39 is 5.82 Å². The Bertz CT molecular complexity index is 864. The van der Waals surface area contributed by atoms with Crippen LogP contribution in [0.5, 0.6) is 0 Å². The van der Waals surface area contributed by atoms with E-state index in [0.717, 1.165) is 12.0 Å². The highest BCUT2D eigenvalue weighted by molar-refractivity contribution is 5.94. The molecule has 0 aliphatic carbocycles. The van der Waals surface area contributed by atoms with Gasteiger partial charge in [0.1, 0.15) is 5.82 Å². The lowest BCUT2D eigenvalue weighted by Crippen LogP contribution is -2.33. The molecule has 1 heterocycles. The molecule has 3 rings (SSSR count). The van der Waals surface area contributed by atoms with Crippen molar-refractivity contribution in [3.8, 4) is 11.4 Å². The Labute approximate surface area is 151 Å². The molecule has 0 radical (unpaired) electrons. The van der Waals surface area contributed by atoms with Gasteiger partial charge >= 0.3 is 0 Å². The van der Waals surface area contributed by atoms with Gasteiger partial charge in [0.15, 0.2) is 0 Å². The normalized spacial score (nSPS) is 10.7. The van der Waals surface area contributed by atoms with E-state index in [9.17, 15) is 9.18 Å². The summed E-state index contributed by atoms with van der Waals surface area (Å²) in [7, 11) is 0. The number of nitrogens with zero attached hydrogens (tertiary/aromatic N) is 3. The van der Waals surface area contributed by atoms with E-state index in [4.69, 9.17) is 4.52 Å². The second kappa shape index (κ2) is 8.38. The van der Waals surface area contributed by atoms with Gasteiger partial charge in [0.05, 0.1) is 0 Å². The van der Waals surface area contributed by atoms with Crippen molar-refractivity contribution >= 4 is 5.91 Å². The molecule has 0 unspecified atom stereocenters. The van der Waals surface area contributed by atoms with Crippen LogP contribution in [0.2, 0.25) is 0 Å². The molecule has 0 saturated carbocycles. The first kappa shape index (κ1) is 17.8. The van der Waals surface area contributed by atoms with Crippen molar-refractivity contribution in [1.29, 1.82) is 0 Å². The van der Waals surface area contributed by atoms with E-state index in [0.29, 0.717) is 36.8 Å². The molecular formula is C20H20FN3O2. The Morgan fingerprint density at radius 2 is 1.92 bits per heavy atom. The van der Waals surface area contributed by atoms with Gasteiger partial charge in [-0.1, -0.05) is 48.5 Å². The minimum atomic E-state index is -0.420. The van der Waals surface area contributed by atoms with Crippen molar-refractivity contribution in [1.82, 2.24) is 15.0 Å². The van der Waals surface area contributed by atoms with E-state index in [1.54, 1.807) is 11.0 Å². The van der Waals surface area contributed by atoms with Gasteiger partial charge in [-0.05, 0) is 24.6 Å². The zero-order valence-corrected chi connectivity index (χ0v) is 14.6. The summed E-state index contributed by atoms with van der Waals surface area (Å²) in [5, 5.41) is 3.99. The number of halogens is 1. The van der Waals surface area contributed by atoms with Crippen LogP contribution in [-0.4, -0.2) is 34.0 Å². The summed E-state index contributed by atoms with van der Waals surface area (Å²) in [4.78, 5) is 18.7. The second-order valence-electron chi connectivity index (χ2n) is 5.93. The predicted octanol–water partition coefficient (Wildman–Crippen LogP) is 3.97. The summed E-state index contributed by atoms with van der Waals surface area (Å²) in [6.45, 7) is 3.00. The average molecular weight is 353 g/mol.